The number of fused-ring (bicyclic) bond motifs is 3. The van der Waals surface area contributed by atoms with Gasteiger partial charge in [-0.25, -0.2) is 14.6 Å². The van der Waals surface area contributed by atoms with Gasteiger partial charge in [0.15, 0.2) is 5.82 Å². The van der Waals surface area contributed by atoms with Gasteiger partial charge in [-0.1, -0.05) is 19.8 Å². The van der Waals surface area contributed by atoms with Gasteiger partial charge in [-0.15, -0.1) is 0 Å². The predicted molar refractivity (Wildman–Crippen MR) is 181 cm³/mol. The van der Waals surface area contributed by atoms with E-state index in [-0.39, 0.29) is 41.7 Å². The number of nitrogen functional groups attached to an aromatic ring is 1. The molecular formula is C35H42N6O7. The largest absolute Gasteiger partial charge is 0.488 e. The molecule has 3 aliphatic heterocycles. The van der Waals surface area contributed by atoms with Crippen molar-refractivity contribution in [1.82, 2.24) is 9.97 Å². The third kappa shape index (κ3) is 5.93. The van der Waals surface area contributed by atoms with E-state index in [0.717, 1.165) is 37.1 Å². The summed E-state index contributed by atoms with van der Waals surface area (Å²) in [5, 5.41) is 12.8. The molecule has 4 N–H and O–H groups in total. The monoisotopic (exact) mass is 658 g/mol. The molecule has 0 radical (unpaired) electrons. The molecule has 0 spiro atoms. The number of nitrogens with one attached hydrogen (secondary N) is 1. The van der Waals surface area contributed by atoms with Crippen LogP contribution in [0.1, 0.15) is 84.7 Å². The van der Waals surface area contributed by atoms with Crippen molar-refractivity contribution >= 4 is 46.7 Å². The number of carboxylic acids is 1. The van der Waals surface area contributed by atoms with E-state index >= 15 is 0 Å². The molecule has 4 aliphatic rings. The number of amides is 1. The topological polar surface area (TPSA) is 169 Å². The minimum Gasteiger partial charge on any atom is -0.488 e. The van der Waals surface area contributed by atoms with Gasteiger partial charge in [-0.2, -0.15) is 4.98 Å². The lowest BCUT2D eigenvalue weighted by molar-refractivity contribution is -0.120. The zero-order valence-electron chi connectivity index (χ0n) is 27.9. The third-order valence-electron chi connectivity index (χ3n) is 9.47. The summed E-state index contributed by atoms with van der Waals surface area (Å²) in [5.41, 5.74) is 10.0. The molecule has 0 saturated heterocycles. The number of nitrogens with two attached hydrogens (primary N) is 1. The Labute approximate surface area is 279 Å². The Kier molecular flexibility index (Phi) is 9.04. The fraction of sp³-hybridized carbons (Fsp3) is 0.457. The van der Waals surface area contributed by atoms with Crippen molar-refractivity contribution in [1.29, 1.82) is 0 Å². The molecule has 2 aromatic carbocycles. The van der Waals surface area contributed by atoms with E-state index in [2.05, 4.69) is 15.2 Å². The molecule has 13 heteroatoms. The summed E-state index contributed by atoms with van der Waals surface area (Å²) in [7, 11) is 3.14. The van der Waals surface area contributed by atoms with Gasteiger partial charge in [-0.05, 0) is 57.4 Å². The molecule has 48 heavy (non-hydrogen) atoms. The van der Waals surface area contributed by atoms with Gasteiger partial charge in [0.05, 0.1) is 35.8 Å². The molecule has 1 saturated carbocycles. The zero-order chi connectivity index (χ0) is 34.3. The SMILES string of the molecule is CC[C@@H]1C(=O)N(C)c2cnc(Nc3ccc(C(=O)O)c4c3OC(C)C4)nc2N1C1CCCC1.COC(=O)c1ccc(N)c2c1CC(C)O2. The van der Waals surface area contributed by atoms with Gasteiger partial charge < -0.3 is 40.2 Å². The number of carboxylic acid groups (broad SMARTS) is 1. The highest BCUT2D eigenvalue weighted by molar-refractivity contribution is 6.04. The number of likely N-dealkylation sites (N-methyl/N-ethyl adjacent to an activating group) is 1. The fourth-order valence-corrected chi connectivity index (χ4v) is 7.18. The molecule has 1 aromatic heterocycles. The van der Waals surface area contributed by atoms with Crippen LogP contribution in [0.5, 0.6) is 11.5 Å². The lowest BCUT2D eigenvalue weighted by Crippen LogP contribution is -2.55. The summed E-state index contributed by atoms with van der Waals surface area (Å²) in [4.78, 5) is 49.4. The Hall–Kier alpha value is -5.07. The summed E-state index contributed by atoms with van der Waals surface area (Å²) in [6, 6.07) is 6.69. The number of carbonyl (C=O) groups is 3. The maximum Gasteiger partial charge on any atom is 0.338 e. The highest BCUT2D eigenvalue weighted by Crippen LogP contribution is 2.42. The summed E-state index contributed by atoms with van der Waals surface area (Å²) >= 11 is 0. The minimum absolute atomic E-state index is 0.0631. The van der Waals surface area contributed by atoms with Crippen molar-refractivity contribution < 1.29 is 33.7 Å². The molecule has 7 rings (SSSR count). The van der Waals surface area contributed by atoms with Crippen LogP contribution >= 0.6 is 0 Å². The maximum absolute atomic E-state index is 13.1. The van der Waals surface area contributed by atoms with Crippen molar-refractivity contribution in [2.24, 2.45) is 0 Å². The van der Waals surface area contributed by atoms with Gasteiger partial charge in [0.2, 0.25) is 11.9 Å². The minimum atomic E-state index is -0.967. The highest BCUT2D eigenvalue weighted by atomic mass is 16.5. The van der Waals surface area contributed by atoms with Crippen LogP contribution in [0.4, 0.5) is 28.8 Å². The molecule has 1 aliphatic carbocycles. The van der Waals surface area contributed by atoms with Gasteiger partial charge >= 0.3 is 11.9 Å². The van der Waals surface area contributed by atoms with E-state index in [4.69, 9.17) is 24.9 Å². The summed E-state index contributed by atoms with van der Waals surface area (Å²) in [5.74, 6) is 1.09. The number of benzene rings is 2. The molecule has 0 bridgehead atoms. The standard InChI is InChI=1S/C24H29N5O4.C11H13NO3/c1-4-18-22(30)28(3)19-12-25-24(27-21(19)29(18)14-7-5-6-8-14)26-17-10-9-15(23(31)32)16-11-13(2)33-20(16)17;1-6-5-8-7(11(13)14-2)3-4-9(12)10(8)15-6/h9-10,12-14,18H,4-8,11H2,1-3H3,(H,31,32)(H,25,26,27);3-4,6H,5,12H2,1-2H3/t13?,18-;/m1./s1. The van der Waals surface area contributed by atoms with Crippen molar-refractivity contribution in [2.75, 3.05) is 35.0 Å². The fourth-order valence-electron chi connectivity index (χ4n) is 7.18. The highest BCUT2D eigenvalue weighted by Gasteiger charge is 2.41. The van der Waals surface area contributed by atoms with Crippen LogP contribution in [0.25, 0.3) is 0 Å². The van der Waals surface area contributed by atoms with E-state index in [1.54, 1.807) is 42.4 Å². The van der Waals surface area contributed by atoms with Crippen LogP contribution in [0.15, 0.2) is 30.5 Å². The van der Waals surface area contributed by atoms with Crippen molar-refractivity contribution in [3.05, 3.63) is 52.7 Å². The maximum atomic E-state index is 13.1. The smallest absolute Gasteiger partial charge is 0.338 e. The summed E-state index contributed by atoms with van der Waals surface area (Å²) in [6.45, 7) is 5.90. The van der Waals surface area contributed by atoms with Crippen LogP contribution in [0.3, 0.4) is 0 Å². The second-order valence-electron chi connectivity index (χ2n) is 12.7. The number of aromatic nitrogens is 2. The quantitative estimate of drug-likeness (QED) is 0.236. The molecular weight excluding hydrogens is 616 g/mol. The van der Waals surface area contributed by atoms with Crippen LogP contribution < -0.4 is 30.3 Å². The van der Waals surface area contributed by atoms with E-state index in [1.165, 1.54) is 7.11 Å². The van der Waals surface area contributed by atoms with Crippen molar-refractivity contribution in [3.63, 3.8) is 0 Å². The number of aromatic carboxylic acids is 1. The number of ether oxygens (including phenoxy) is 3. The molecule has 4 heterocycles. The first-order chi connectivity index (χ1) is 23.0. The summed E-state index contributed by atoms with van der Waals surface area (Å²) < 4.78 is 16.2. The lowest BCUT2D eigenvalue weighted by Gasteiger charge is -2.43. The molecule has 3 aromatic rings. The van der Waals surface area contributed by atoms with E-state index in [9.17, 15) is 19.5 Å². The predicted octanol–water partition coefficient (Wildman–Crippen LogP) is 5.12. The number of hydrogen-bond acceptors (Lipinski definition) is 11. The Balaban J connectivity index is 0.000000223. The van der Waals surface area contributed by atoms with Crippen molar-refractivity contribution in [2.45, 2.75) is 90.0 Å². The number of rotatable bonds is 6. The van der Waals surface area contributed by atoms with E-state index < -0.39 is 5.97 Å². The van der Waals surface area contributed by atoms with Crippen LogP contribution in [0, 0.1) is 0 Å². The van der Waals surface area contributed by atoms with Gasteiger partial charge in [-0.3, -0.25) is 4.79 Å². The van der Waals surface area contributed by atoms with E-state index in [1.807, 2.05) is 20.8 Å². The average molecular weight is 659 g/mol. The Bertz CT molecular complexity index is 1760. The molecule has 1 amide bonds. The Morgan fingerprint density at radius 3 is 2.33 bits per heavy atom. The Morgan fingerprint density at radius 2 is 1.69 bits per heavy atom. The van der Waals surface area contributed by atoms with Crippen LogP contribution in [-0.4, -0.2) is 71.4 Å². The van der Waals surface area contributed by atoms with Crippen LogP contribution in [-0.2, 0) is 22.4 Å². The van der Waals surface area contributed by atoms with Gasteiger partial charge in [0.25, 0.3) is 0 Å². The average Bonchev–Trinajstić information content (AvgIpc) is 3.83. The van der Waals surface area contributed by atoms with Gasteiger partial charge in [0.1, 0.15) is 35.4 Å². The molecule has 2 unspecified atom stereocenters. The number of esters is 1. The first-order valence-corrected chi connectivity index (χ1v) is 16.4. The number of carbonyl (C=O) groups excluding carboxylic acids is 2. The van der Waals surface area contributed by atoms with Crippen LogP contribution in [0.2, 0.25) is 0 Å². The van der Waals surface area contributed by atoms with E-state index in [0.29, 0.717) is 64.9 Å². The molecule has 13 nitrogen and oxygen atoms in total. The lowest BCUT2D eigenvalue weighted by atomic mass is 10.0. The second-order valence-corrected chi connectivity index (χ2v) is 12.7. The zero-order valence-corrected chi connectivity index (χ0v) is 27.9. The number of methoxy groups -OCH3 is 1. The second kappa shape index (κ2) is 13.2. The summed E-state index contributed by atoms with van der Waals surface area (Å²) in [6.07, 6.45) is 8.01. The number of hydrogen-bond donors (Lipinski definition) is 3. The normalized spacial score (nSPS) is 20.9. The number of nitrogens with zero attached hydrogens (tertiary/aromatic N) is 4. The third-order valence-corrected chi connectivity index (χ3v) is 9.47. The Morgan fingerprint density at radius 1 is 1.04 bits per heavy atom. The first kappa shape index (κ1) is 32.9. The van der Waals surface area contributed by atoms with Gasteiger partial charge in [0, 0.05) is 37.1 Å². The number of anilines is 5. The molecule has 3 atom stereocenters. The molecule has 1 fully saturated rings. The van der Waals surface area contributed by atoms with Crippen molar-refractivity contribution in [3.8, 4) is 11.5 Å². The first-order valence-electron chi connectivity index (χ1n) is 16.4. The molecule has 254 valence electrons.